The van der Waals surface area contributed by atoms with E-state index in [1.54, 1.807) is 0 Å². The Balaban J connectivity index is 2.07. The number of nitrogens with zero attached hydrogens (tertiary/aromatic N) is 2. The minimum Gasteiger partial charge on any atom is -0.236 e. The van der Waals surface area contributed by atoms with E-state index in [-0.39, 0.29) is 0 Å². The number of fused-ring (bicyclic) bond motifs is 1. The van der Waals surface area contributed by atoms with E-state index < -0.39 is 0 Å². The minimum atomic E-state index is 0.613. The van der Waals surface area contributed by atoms with Gasteiger partial charge in [-0.25, -0.2) is 9.97 Å². The van der Waals surface area contributed by atoms with Gasteiger partial charge in [0, 0.05) is 17.0 Å². The molecule has 2 aliphatic rings. The molecule has 0 radical (unpaired) electrons. The first-order chi connectivity index (χ1) is 8.83. The van der Waals surface area contributed by atoms with Crippen LogP contribution in [0.5, 0.6) is 0 Å². The molecule has 1 unspecified atom stereocenters. The Morgan fingerprint density at radius 3 is 3.00 bits per heavy atom. The smallest absolute Gasteiger partial charge is 0.159 e. The van der Waals surface area contributed by atoms with Gasteiger partial charge in [0.05, 0.1) is 5.35 Å². The molecule has 0 amide bonds. The first-order valence-corrected chi connectivity index (χ1v) is 6.18. The van der Waals surface area contributed by atoms with Gasteiger partial charge >= 0.3 is 0 Å². The Labute approximate surface area is 106 Å². The second kappa shape index (κ2) is 4.59. The van der Waals surface area contributed by atoms with Crippen molar-refractivity contribution in [2.75, 3.05) is 0 Å². The second-order valence-corrected chi connectivity index (χ2v) is 4.60. The quantitative estimate of drug-likeness (QED) is 0.692. The summed E-state index contributed by atoms with van der Waals surface area (Å²) in [5.41, 5.74) is 4.16. The van der Waals surface area contributed by atoms with E-state index in [0.717, 1.165) is 28.4 Å². The Kier molecular flexibility index (Phi) is 2.79. The molecule has 2 heteroatoms. The van der Waals surface area contributed by atoms with Gasteiger partial charge in [0.25, 0.3) is 0 Å². The fourth-order valence-electron chi connectivity index (χ4n) is 2.02. The number of hydrogen-bond donors (Lipinski definition) is 0. The van der Waals surface area contributed by atoms with E-state index in [4.69, 9.17) is 0 Å². The predicted molar refractivity (Wildman–Crippen MR) is 73.8 cm³/mol. The largest absolute Gasteiger partial charge is 0.236 e. The second-order valence-electron chi connectivity index (χ2n) is 4.60. The molecule has 0 aliphatic heterocycles. The topological polar surface area (TPSA) is 25.8 Å². The zero-order chi connectivity index (χ0) is 12.4. The van der Waals surface area contributed by atoms with Crippen LogP contribution >= 0.6 is 0 Å². The summed E-state index contributed by atoms with van der Waals surface area (Å²) in [5, 5.41) is 1.99. The maximum Gasteiger partial charge on any atom is 0.159 e. The SMILES string of the molecule is CC1C=CC(c2ncc3c(n2)=CC=C=CC=3)=CC1. The van der Waals surface area contributed by atoms with Gasteiger partial charge in [-0.2, -0.15) is 0 Å². The summed E-state index contributed by atoms with van der Waals surface area (Å²) in [5.74, 6) is 1.42. The molecule has 1 atom stereocenters. The molecule has 1 aromatic heterocycles. The highest BCUT2D eigenvalue weighted by Crippen LogP contribution is 2.20. The van der Waals surface area contributed by atoms with Crippen LogP contribution in [0.4, 0.5) is 0 Å². The molecule has 1 aromatic rings. The maximum atomic E-state index is 4.61. The summed E-state index contributed by atoms with van der Waals surface area (Å²) < 4.78 is 0. The van der Waals surface area contributed by atoms with Crippen LogP contribution in [0.3, 0.4) is 0 Å². The van der Waals surface area contributed by atoms with E-state index in [0.29, 0.717) is 5.92 Å². The monoisotopic (exact) mass is 234 g/mol. The van der Waals surface area contributed by atoms with Crippen LogP contribution in [0.1, 0.15) is 19.2 Å². The van der Waals surface area contributed by atoms with Gasteiger partial charge in [-0.3, -0.25) is 0 Å². The van der Waals surface area contributed by atoms with Crippen LogP contribution in [-0.4, -0.2) is 9.97 Å². The Bertz CT molecular complexity index is 714. The molecule has 0 aromatic carbocycles. The predicted octanol–water partition coefficient (Wildman–Crippen LogP) is 1.74. The molecule has 2 nitrogen and oxygen atoms in total. The Hall–Kier alpha value is -2.18. The molecule has 2 aliphatic carbocycles. The fraction of sp³-hybridized carbons (Fsp3) is 0.188. The molecule has 0 saturated carbocycles. The third-order valence-corrected chi connectivity index (χ3v) is 3.12. The lowest BCUT2D eigenvalue weighted by molar-refractivity contribution is 0.738. The van der Waals surface area contributed by atoms with Gasteiger partial charge in [-0.15, -0.1) is 5.73 Å². The summed E-state index contributed by atoms with van der Waals surface area (Å²) in [6.45, 7) is 2.21. The number of aromatic nitrogens is 2. The van der Waals surface area contributed by atoms with E-state index >= 15 is 0 Å². The van der Waals surface area contributed by atoms with Crippen LogP contribution in [0.15, 0.2) is 42.3 Å². The van der Waals surface area contributed by atoms with Gasteiger partial charge in [0.1, 0.15) is 0 Å². The Morgan fingerprint density at radius 1 is 1.28 bits per heavy atom. The number of hydrogen-bond acceptors (Lipinski definition) is 2. The first kappa shape index (κ1) is 10.9. The summed E-state index contributed by atoms with van der Waals surface area (Å²) in [6, 6.07) is 0. The van der Waals surface area contributed by atoms with Crippen LogP contribution in [0.25, 0.3) is 17.7 Å². The fourth-order valence-corrected chi connectivity index (χ4v) is 2.02. The summed E-state index contributed by atoms with van der Waals surface area (Å²) in [7, 11) is 0. The molecule has 0 bridgehead atoms. The molecule has 0 fully saturated rings. The highest BCUT2D eigenvalue weighted by molar-refractivity contribution is 5.70. The Morgan fingerprint density at radius 2 is 2.17 bits per heavy atom. The van der Waals surface area contributed by atoms with Gasteiger partial charge < -0.3 is 0 Å². The lowest BCUT2D eigenvalue weighted by atomic mass is 9.98. The van der Waals surface area contributed by atoms with E-state index in [1.165, 1.54) is 0 Å². The van der Waals surface area contributed by atoms with E-state index in [9.17, 15) is 0 Å². The standard InChI is InChI=1S/C16H14N2/c1-12-7-9-13(10-8-12)16-17-11-14-5-3-2-4-6-15(14)18-16/h3-7,9-12H,8H2,1H3. The normalized spacial score (nSPS) is 20.5. The average Bonchev–Trinajstić information content (AvgIpc) is 2.64. The lowest BCUT2D eigenvalue weighted by Crippen LogP contribution is -2.29. The third-order valence-electron chi connectivity index (χ3n) is 3.12. The summed E-state index contributed by atoms with van der Waals surface area (Å²) in [4.78, 5) is 9.05. The van der Waals surface area contributed by atoms with Crippen molar-refractivity contribution < 1.29 is 0 Å². The van der Waals surface area contributed by atoms with Crippen LogP contribution < -0.4 is 10.6 Å². The van der Waals surface area contributed by atoms with Gasteiger partial charge in [0.2, 0.25) is 0 Å². The first-order valence-electron chi connectivity index (χ1n) is 6.18. The average molecular weight is 234 g/mol. The molecule has 1 heterocycles. The zero-order valence-electron chi connectivity index (χ0n) is 10.3. The van der Waals surface area contributed by atoms with Crippen molar-refractivity contribution in [1.29, 1.82) is 0 Å². The molecular weight excluding hydrogens is 220 g/mol. The molecule has 0 saturated heterocycles. The molecule has 88 valence electrons. The van der Waals surface area contributed by atoms with Crippen molar-refractivity contribution in [3.8, 4) is 0 Å². The molecule has 0 N–H and O–H groups in total. The molecule has 0 spiro atoms. The lowest BCUT2D eigenvalue weighted by Gasteiger charge is -2.10. The van der Waals surface area contributed by atoms with Crippen LogP contribution in [0.2, 0.25) is 0 Å². The van der Waals surface area contributed by atoms with Crippen LogP contribution in [0, 0.1) is 5.92 Å². The van der Waals surface area contributed by atoms with Gasteiger partial charge in [-0.05, 0) is 36.6 Å². The summed E-state index contributed by atoms with van der Waals surface area (Å²) >= 11 is 0. The highest BCUT2D eigenvalue weighted by atomic mass is 14.9. The van der Waals surface area contributed by atoms with E-state index in [1.807, 2.05) is 30.5 Å². The zero-order valence-corrected chi connectivity index (χ0v) is 10.3. The van der Waals surface area contributed by atoms with Crippen molar-refractivity contribution >= 4 is 17.7 Å². The van der Waals surface area contributed by atoms with Crippen LogP contribution in [-0.2, 0) is 0 Å². The third kappa shape index (κ3) is 2.11. The molecular formula is C16H14N2. The van der Waals surface area contributed by atoms with Crippen molar-refractivity contribution in [3.63, 3.8) is 0 Å². The molecule has 18 heavy (non-hydrogen) atoms. The van der Waals surface area contributed by atoms with Crippen molar-refractivity contribution in [2.45, 2.75) is 13.3 Å². The van der Waals surface area contributed by atoms with Gasteiger partial charge in [-0.1, -0.05) is 25.2 Å². The number of rotatable bonds is 1. The van der Waals surface area contributed by atoms with E-state index in [2.05, 4.69) is 40.9 Å². The minimum absolute atomic E-state index is 0.613. The van der Waals surface area contributed by atoms with Crippen molar-refractivity contribution in [3.05, 3.63) is 58.7 Å². The molecule has 3 rings (SSSR count). The van der Waals surface area contributed by atoms with Crippen molar-refractivity contribution in [2.24, 2.45) is 5.92 Å². The summed E-state index contributed by atoms with van der Waals surface area (Å²) in [6.07, 6.45) is 17.2. The van der Waals surface area contributed by atoms with Crippen molar-refractivity contribution in [1.82, 2.24) is 9.97 Å². The maximum absolute atomic E-state index is 4.61. The number of allylic oxidation sites excluding steroid dienone is 5. The van der Waals surface area contributed by atoms with Gasteiger partial charge in [0.15, 0.2) is 5.82 Å². The highest BCUT2D eigenvalue weighted by Gasteiger charge is 2.07.